The van der Waals surface area contributed by atoms with Gasteiger partial charge in [-0.1, -0.05) is 13.8 Å². The van der Waals surface area contributed by atoms with Crippen LogP contribution in [0.4, 0.5) is 0 Å². The topological polar surface area (TPSA) is 50.1 Å². The summed E-state index contributed by atoms with van der Waals surface area (Å²) < 4.78 is 2.17. The molecule has 0 bridgehead atoms. The fraction of sp³-hybridized carbons (Fsp3) is 0.769. The van der Waals surface area contributed by atoms with E-state index >= 15 is 0 Å². The third kappa shape index (κ3) is 4.13. The van der Waals surface area contributed by atoms with Crippen molar-refractivity contribution >= 4 is 0 Å². The molecule has 4 nitrogen and oxygen atoms in total. The van der Waals surface area contributed by atoms with E-state index in [1.54, 1.807) is 0 Å². The Balaban J connectivity index is 2.56. The molecule has 0 radical (unpaired) electrons. The van der Waals surface area contributed by atoms with Crippen LogP contribution in [0.3, 0.4) is 0 Å². The molecule has 0 aromatic carbocycles. The maximum absolute atomic E-state index is 9.03. The monoisotopic (exact) mass is 239 g/mol. The number of aromatic nitrogens is 2. The Morgan fingerprint density at radius 2 is 2.06 bits per heavy atom. The van der Waals surface area contributed by atoms with Gasteiger partial charge in [0.2, 0.25) is 0 Å². The molecule has 4 heteroatoms. The van der Waals surface area contributed by atoms with E-state index in [0.29, 0.717) is 18.0 Å². The van der Waals surface area contributed by atoms with E-state index in [1.807, 2.05) is 12.5 Å². The molecule has 1 unspecified atom stereocenters. The zero-order valence-electron chi connectivity index (χ0n) is 11.3. The van der Waals surface area contributed by atoms with Crippen molar-refractivity contribution in [2.75, 3.05) is 6.61 Å². The van der Waals surface area contributed by atoms with Crippen LogP contribution < -0.4 is 5.32 Å². The fourth-order valence-corrected chi connectivity index (χ4v) is 1.98. The molecule has 0 fully saturated rings. The van der Waals surface area contributed by atoms with Gasteiger partial charge >= 0.3 is 0 Å². The minimum atomic E-state index is 0.235. The normalized spacial score (nSPS) is 13.6. The Hall–Kier alpha value is -0.870. The Morgan fingerprint density at radius 3 is 2.59 bits per heavy atom. The van der Waals surface area contributed by atoms with Gasteiger partial charge in [-0.25, -0.2) is 4.98 Å². The Morgan fingerprint density at radius 1 is 1.35 bits per heavy atom. The number of aliphatic hydroxyl groups excluding tert-OH is 1. The van der Waals surface area contributed by atoms with Crippen LogP contribution in [-0.2, 0) is 6.54 Å². The Labute approximate surface area is 104 Å². The van der Waals surface area contributed by atoms with Crippen LogP contribution in [0, 0.1) is 5.92 Å². The van der Waals surface area contributed by atoms with Gasteiger partial charge in [0, 0.05) is 31.4 Å². The third-order valence-electron chi connectivity index (χ3n) is 3.09. The van der Waals surface area contributed by atoms with Crippen LogP contribution in [0.15, 0.2) is 12.5 Å². The molecule has 1 aromatic heterocycles. The van der Waals surface area contributed by atoms with Crippen molar-refractivity contribution in [3.05, 3.63) is 18.2 Å². The zero-order valence-corrected chi connectivity index (χ0v) is 11.3. The first-order valence-corrected chi connectivity index (χ1v) is 6.41. The van der Waals surface area contributed by atoms with Crippen molar-refractivity contribution in [2.24, 2.45) is 5.92 Å². The van der Waals surface area contributed by atoms with Gasteiger partial charge in [0.15, 0.2) is 0 Å². The predicted octanol–water partition coefficient (Wildman–Crippen LogP) is 1.96. The molecular weight excluding hydrogens is 214 g/mol. The highest BCUT2D eigenvalue weighted by Gasteiger charge is 2.13. The molecule has 17 heavy (non-hydrogen) atoms. The van der Waals surface area contributed by atoms with Gasteiger partial charge in [0.25, 0.3) is 0 Å². The number of nitrogens with one attached hydrogen (secondary N) is 1. The molecule has 1 rings (SSSR count). The largest absolute Gasteiger partial charge is 0.396 e. The molecule has 2 N–H and O–H groups in total. The standard InChI is InChI=1S/C13H25N3O/c1-10(2)13(5-6-17)15-8-12-7-14-9-16(12)11(3)4/h7,9-11,13,15,17H,5-6,8H2,1-4H3. The van der Waals surface area contributed by atoms with Crippen molar-refractivity contribution < 1.29 is 5.11 Å². The van der Waals surface area contributed by atoms with Crippen molar-refractivity contribution in [2.45, 2.75) is 52.7 Å². The van der Waals surface area contributed by atoms with Gasteiger partial charge < -0.3 is 15.0 Å². The molecule has 0 amide bonds. The van der Waals surface area contributed by atoms with E-state index in [4.69, 9.17) is 5.11 Å². The summed E-state index contributed by atoms with van der Waals surface area (Å²) in [6.45, 7) is 9.69. The maximum Gasteiger partial charge on any atom is 0.0951 e. The van der Waals surface area contributed by atoms with Crippen molar-refractivity contribution in [1.82, 2.24) is 14.9 Å². The van der Waals surface area contributed by atoms with Gasteiger partial charge in [-0.15, -0.1) is 0 Å². The molecule has 0 saturated carbocycles. The van der Waals surface area contributed by atoms with E-state index in [9.17, 15) is 0 Å². The first kappa shape index (κ1) is 14.2. The lowest BCUT2D eigenvalue weighted by Crippen LogP contribution is -2.34. The van der Waals surface area contributed by atoms with Gasteiger partial charge in [0.05, 0.1) is 12.0 Å². The lowest BCUT2D eigenvalue weighted by atomic mass is 10.0. The fourth-order valence-electron chi connectivity index (χ4n) is 1.98. The Bertz CT molecular complexity index is 320. The van der Waals surface area contributed by atoms with Crippen LogP contribution >= 0.6 is 0 Å². The van der Waals surface area contributed by atoms with Gasteiger partial charge in [-0.3, -0.25) is 0 Å². The van der Waals surface area contributed by atoms with Crippen LogP contribution in [-0.4, -0.2) is 27.3 Å². The lowest BCUT2D eigenvalue weighted by molar-refractivity contribution is 0.243. The average Bonchev–Trinajstić information content (AvgIpc) is 2.71. The maximum atomic E-state index is 9.03. The second kappa shape index (κ2) is 6.77. The summed E-state index contributed by atoms with van der Waals surface area (Å²) in [5.74, 6) is 0.526. The average molecular weight is 239 g/mol. The van der Waals surface area contributed by atoms with E-state index in [-0.39, 0.29) is 6.61 Å². The number of nitrogens with zero attached hydrogens (tertiary/aromatic N) is 2. The van der Waals surface area contributed by atoms with Crippen molar-refractivity contribution in [3.8, 4) is 0 Å². The smallest absolute Gasteiger partial charge is 0.0951 e. The van der Waals surface area contributed by atoms with Gasteiger partial charge in [-0.2, -0.15) is 0 Å². The summed E-state index contributed by atoms with van der Waals surface area (Å²) >= 11 is 0. The molecular formula is C13H25N3O. The number of hydrogen-bond donors (Lipinski definition) is 2. The highest BCUT2D eigenvalue weighted by molar-refractivity contribution is 4.99. The summed E-state index contributed by atoms with van der Waals surface area (Å²) in [7, 11) is 0. The van der Waals surface area contributed by atoms with Crippen LogP contribution in [0.2, 0.25) is 0 Å². The first-order valence-electron chi connectivity index (χ1n) is 6.41. The van der Waals surface area contributed by atoms with Crippen LogP contribution in [0.25, 0.3) is 0 Å². The first-order chi connectivity index (χ1) is 8.06. The summed E-state index contributed by atoms with van der Waals surface area (Å²) in [6, 6.07) is 0.792. The van der Waals surface area contributed by atoms with Gasteiger partial charge in [0.1, 0.15) is 0 Å². The second-order valence-electron chi connectivity index (χ2n) is 5.13. The van der Waals surface area contributed by atoms with Crippen LogP contribution in [0.5, 0.6) is 0 Å². The highest BCUT2D eigenvalue weighted by atomic mass is 16.3. The number of rotatable bonds is 7. The summed E-state index contributed by atoms with van der Waals surface area (Å²) in [5, 5.41) is 12.5. The van der Waals surface area contributed by atoms with Crippen LogP contribution in [0.1, 0.15) is 45.9 Å². The summed E-state index contributed by atoms with van der Waals surface area (Å²) in [6.07, 6.45) is 4.58. The number of hydrogen-bond acceptors (Lipinski definition) is 3. The quantitative estimate of drug-likeness (QED) is 0.764. The van der Waals surface area contributed by atoms with Crippen molar-refractivity contribution in [3.63, 3.8) is 0 Å². The number of imidazole rings is 1. The second-order valence-corrected chi connectivity index (χ2v) is 5.13. The van der Waals surface area contributed by atoms with E-state index in [0.717, 1.165) is 13.0 Å². The van der Waals surface area contributed by atoms with E-state index < -0.39 is 0 Å². The Kier molecular flexibility index (Phi) is 5.65. The predicted molar refractivity (Wildman–Crippen MR) is 69.8 cm³/mol. The molecule has 1 aromatic rings. The van der Waals surface area contributed by atoms with Crippen molar-refractivity contribution in [1.29, 1.82) is 0 Å². The molecule has 1 atom stereocenters. The summed E-state index contributed by atoms with van der Waals surface area (Å²) in [5.41, 5.74) is 1.20. The molecule has 0 aliphatic rings. The minimum absolute atomic E-state index is 0.235. The molecule has 0 aliphatic carbocycles. The molecule has 0 spiro atoms. The molecule has 98 valence electrons. The molecule has 0 saturated heterocycles. The lowest BCUT2D eigenvalue weighted by Gasteiger charge is -2.22. The van der Waals surface area contributed by atoms with E-state index in [2.05, 4.69) is 42.6 Å². The van der Waals surface area contributed by atoms with E-state index in [1.165, 1.54) is 5.69 Å². The molecule has 0 aliphatic heterocycles. The third-order valence-corrected chi connectivity index (χ3v) is 3.09. The number of aliphatic hydroxyl groups is 1. The minimum Gasteiger partial charge on any atom is -0.396 e. The zero-order chi connectivity index (χ0) is 12.8. The molecule has 1 heterocycles. The SMILES string of the molecule is CC(C)C(CCO)NCc1cncn1C(C)C. The summed E-state index contributed by atoms with van der Waals surface area (Å²) in [4.78, 5) is 4.19. The highest BCUT2D eigenvalue weighted by Crippen LogP contribution is 2.11. The van der Waals surface area contributed by atoms with Gasteiger partial charge in [-0.05, 0) is 26.2 Å².